The Hall–Kier alpha value is -5.90. The van der Waals surface area contributed by atoms with Gasteiger partial charge in [0.15, 0.2) is 0 Å². The van der Waals surface area contributed by atoms with E-state index in [1.54, 1.807) is 14.2 Å². The molecule has 0 spiro atoms. The highest BCUT2D eigenvalue weighted by atomic mass is 32.2. The Bertz CT molecular complexity index is 2860. The third kappa shape index (κ3) is 8.16. The molecule has 60 heavy (non-hydrogen) atoms. The molecule has 3 aliphatic heterocycles. The van der Waals surface area contributed by atoms with E-state index in [1.807, 2.05) is 30.3 Å². The minimum atomic E-state index is -4.47. The number of rotatable bonds is 6. The lowest BCUT2D eigenvalue weighted by Gasteiger charge is -2.28. The largest absolute Gasteiger partial charge is 0.497 e. The fraction of sp³-hybridized carbons (Fsp3) is 0.217. The Kier molecular flexibility index (Phi) is 11.3. The lowest BCUT2D eigenvalue weighted by molar-refractivity contribution is 0.139. The summed E-state index contributed by atoms with van der Waals surface area (Å²) >= 11 is 0. The van der Waals surface area contributed by atoms with Crippen LogP contribution < -0.4 is 18.9 Å². The fourth-order valence-electron chi connectivity index (χ4n) is 8.26. The zero-order valence-corrected chi connectivity index (χ0v) is 34.8. The monoisotopic (exact) mass is 848 g/mol. The predicted octanol–water partition coefficient (Wildman–Crippen LogP) is 8.32. The number of methoxy groups -OCH3 is 2. The van der Waals surface area contributed by atoms with Gasteiger partial charge in [0.05, 0.1) is 26.7 Å². The van der Waals surface area contributed by atoms with Gasteiger partial charge in [0.1, 0.15) is 38.9 Å². The molecule has 0 fully saturated rings. The molecular formula is C46H44N2O10S2. The highest BCUT2D eigenvalue weighted by Gasteiger charge is 2.41. The Balaban J connectivity index is 0.000000125. The lowest BCUT2D eigenvalue weighted by atomic mass is 9.89. The quantitative estimate of drug-likeness (QED) is 0.155. The normalized spacial score (nSPS) is 16.7. The van der Waals surface area contributed by atoms with Crippen LogP contribution in [0.25, 0.3) is 21.7 Å². The maximum Gasteiger partial charge on any atom is 0.295 e. The molecule has 2 N–H and O–H groups in total. The van der Waals surface area contributed by atoms with E-state index in [4.69, 9.17) is 28.1 Å². The Morgan fingerprint density at radius 3 is 1.90 bits per heavy atom. The summed E-state index contributed by atoms with van der Waals surface area (Å²) in [7, 11) is -3.41. The predicted molar refractivity (Wildman–Crippen MR) is 229 cm³/mol. The van der Waals surface area contributed by atoms with Gasteiger partial charge in [-0.1, -0.05) is 78.9 Å². The van der Waals surface area contributed by atoms with Crippen LogP contribution in [0, 0.1) is 0 Å². The Morgan fingerprint density at radius 2 is 1.27 bits per heavy atom. The van der Waals surface area contributed by atoms with Crippen LogP contribution in [0.1, 0.15) is 40.0 Å². The molecule has 12 nitrogen and oxygen atoms in total. The zero-order chi connectivity index (χ0) is 42.2. The molecule has 1 aromatic heterocycles. The van der Waals surface area contributed by atoms with E-state index < -0.39 is 30.0 Å². The van der Waals surface area contributed by atoms with E-state index in [-0.39, 0.29) is 22.8 Å². The number of fused-ring (bicyclic) bond motifs is 9. The van der Waals surface area contributed by atoms with Crippen LogP contribution in [-0.4, -0.2) is 69.8 Å². The maximum atomic E-state index is 11.2. The third-order valence-corrected chi connectivity index (χ3v) is 12.9. The van der Waals surface area contributed by atoms with Crippen molar-refractivity contribution in [2.24, 2.45) is 0 Å². The van der Waals surface area contributed by atoms with Crippen molar-refractivity contribution in [1.82, 2.24) is 9.47 Å². The first-order valence-corrected chi connectivity index (χ1v) is 22.2. The molecule has 0 saturated carbocycles. The maximum absolute atomic E-state index is 11.2. The minimum Gasteiger partial charge on any atom is -0.497 e. The molecule has 310 valence electrons. The average molecular weight is 849 g/mol. The number of nitrogens with zero attached hydrogens (tertiary/aromatic N) is 2. The summed E-state index contributed by atoms with van der Waals surface area (Å²) in [5.41, 5.74) is 8.06. The fourth-order valence-corrected chi connectivity index (χ4v) is 9.67. The van der Waals surface area contributed by atoms with Gasteiger partial charge < -0.3 is 28.4 Å². The molecule has 4 heterocycles. The molecule has 0 bridgehead atoms. The van der Waals surface area contributed by atoms with Crippen LogP contribution in [0.15, 0.2) is 137 Å². The summed E-state index contributed by atoms with van der Waals surface area (Å²) < 4.78 is 87.8. The zero-order valence-electron chi connectivity index (χ0n) is 33.2. The van der Waals surface area contributed by atoms with Gasteiger partial charge in [-0.15, -0.1) is 0 Å². The summed E-state index contributed by atoms with van der Waals surface area (Å²) in [5.74, 6) is 3.56. The highest BCUT2D eigenvalue weighted by molar-refractivity contribution is 7.86. The van der Waals surface area contributed by atoms with E-state index in [9.17, 15) is 16.8 Å². The van der Waals surface area contributed by atoms with E-state index in [0.29, 0.717) is 6.61 Å². The first-order chi connectivity index (χ1) is 28.8. The van der Waals surface area contributed by atoms with Crippen LogP contribution in [0.4, 0.5) is 0 Å². The van der Waals surface area contributed by atoms with Gasteiger partial charge in [-0.25, -0.2) is 0 Å². The van der Waals surface area contributed by atoms with E-state index in [0.717, 1.165) is 66.7 Å². The van der Waals surface area contributed by atoms with Crippen molar-refractivity contribution in [3.05, 3.63) is 155 Å². The van der Waals surface area contributed by atoms with Gasteiger partial charge in [-0.05, 0) is 54.6 Å². The van der Waals surface area contributed by atoms with E-state index in [1.165, 1.54) is 57.6 Å². The van der Waals surface area contributed by atoms with Crippen molar-refractivity contribution in [3.63, 3.8) is 0 Å². The Morgan fingerprint density at radius 1 is 0.683 bits per heavy atom. The molecule has 6 aromatic carbocycles. The number of hydrogen-bond acceptors (Lipinski definition) is 9. The van der Waals surface area contributed by atoms with Gasteiger partial charge in [-0.2, -0.15) is 16.8 Å². The topological polar surface area (TPSA) is 154 Å². The van der Waals surface area contributed by atoms with E-state index >= 15 is 0 Å². The van der Waals surface area contributed by atoms with Crippen molar-refractivity contribution in [2.75, 3.05) is 34.4 Å². The summed E-state index contributed by atoms with van der Waals surface area (Å²) in [6.45, 7) is 3.81. The molecule has 7 aromatic rings. The van der Waals surface area contributed by atoms with Crippen LogP contribution in [0.2, 0.25) is 0 Å². The molecule has 0 amide bonds. The summed E-state index contributed by atoms with van der Waals surface area (Å²) in [4.78, 5) is 1.60. The average Bonchev–Trinajstić information content (AvgIpc) is 3.78. The highest BCUT2D eigenvalue weighted by Crippen LogP contribution is 2.52. The molecule has 0 radical (unpaired) electrons. The van der Waals surface area contributed by atoms with Gasteiger partial charge >= 0.3 is 0 Å². The molecule has 3 aliphatic rings. The molecule has 14 heteroatoms. The molecule has 0 aliphatic carbocycles. The Labute approximate surface area is 349 Å². The van der Waals surface area contributed by atoms with Gasteiger partial charge in [0, 0.05) is 76.7 Å². The summed E-state index contributed by atoms with van der Waals surface area (Å²) in [5, 5.41) is 1.47. The standard InChI is InChI=1S/C19H20N2.C17H16O4.C10H8O6S2/c1-20-12-11-19-17(14-20)16-9-5-6-10-18(16)21(19)13-15-7-3-2-4-8-15;1-18-10-4-6-13-15(7-10)20-9-14-12-5-3-11(19-2)8-16(12)21-17(13)14;11-17(12,13)9-5-1-3-7-8(9)4-2-6-10(7)18(14,15)16/h2-10H,11-14H2,1H3;3-8,14,17H,9H2,1-2H3;1-6H,(H,11,12,13)(H,14,15,16). The van der Waals surface area contributed by atoms with Crippen LogP contribution in [0.3, 0.4) is 0 Å². The number of likely N-dealkylation sites (N-methyl/N-ethyl adjacent to an activating group) is 1. The van der Waals surface area contributed by atoms with Gasteiger partial charge in [0.25, 0.3) is 20.2 Å². The third-order valence-electron chi connectivity index (χ3n) is 11.1. The molecule has 0 saturated heterocycles. The number of benzene rings is 6. The number of para-hydroxylation sites is 1. The minimum absolute atomic E-state index is 0.00163. The van der Waals surface area contributed by atoms with Crippen LogP contribution in [-0.2, 0) is 39.7 Å². The number of hydrogen-bond donors (Lipinski definition) is 2. The van der Waals surface area contributed by atoms with Gasteiger partial charge in [0.2, 0.25) is 0 Å². The van der Waals surface area contributed by atoms with Crippen LogP contribution >= 0.6 is 0 Å². The SMILES string of the molecule is CN1CCc2c(c3ccccc3n2Cc2ccccc2)C1.COc1ccc2c(c1)OC1c3ccc(OC)cc3OCC21.O=S(=O)(O)c1cccc2c(S(=O)(=O)O)cccc12. The molecule has 10 rings (SSSR count). The lowest BCUT2D eigenvalue weighted by Crippen LogP contribution is -2.27. The van der Waals surface area contributed by atoms with Crippen molar-refractivity contribution < 1.29 is 44.9 Å². The second-order valence-electron chi connectivity index (χ2n) is 14.8. The summed E-state index contributed by atoms with van der Waals surface area (Å²) in [6, 6.07) is 39.0. The van der Waals surface area contributed by atoms with E-state index in [2.05, 4.69) is 77.2 Å². The van der Waals surface area contributed by atoms with Crippen molar-refractivity contribution in [2.45, 2.75) is 41.3 Å². The summed E-state index contributed by atoms with van der Waals surface area (Å²) in [6.07, 6.45) is 1.15. The first-order valence-electron chi connectivity index (χ1n) is 19.3. The van der Waals surface area contributed by atoms with Crippen molar-refractivity contribution >= 4 is 41.9 Å². The molecule has 2 atom stereocenters. The van der Waals surface area contributed by atoms with Crippen molar-refractivity contribution in [1.29, 1.82) is 0 Å². The second-order valence-corrected chi connectivity index (χ2v) is 17.6. The number of ether oxygens (including phenoxy) is 4. The number of aromatic nitrogens is 1. The molecule has 2 unspecified atom stereocenters. The second kappa shape index (κ2) is 16.6. The smallest absolute Gasteiger partial charge is 0.295 e. The molecular weight excluding hydrogens is 805 g/mol. The van der Waals surface area contributed by atoms with Crippen molar-refractivity contribution in [3.8, 4) is 23.0 Å². The first kappa shape index (κ1) is 40.9. The van der Waals surface area contributed by atoms with Gasteiger partial charge in [-0.3, -0.25) is 9.11 Å². The van der Waals surface area contributed by atoms with Crippen LogP contribution in [0.5, 0.6) is 23.0 Å².